The van der Waals surface area contributed by atoms with E-state index >= 15 is 0 Å². The molecule has 0 saturated carbocycles. The Kier molecular flexibility index (Phi) is 14.8. The average Bonchev–Trinajstić information content (AvgIpc) is 3.02. The standard InChI is InChI=1S/C15H32N4O4S.HI/c1-3-16-15(17-7-4-9-19-24(2,20)21)18-8-5-10-22-12-14-6-11-23-13-14;/h14,19H,3-13H2,1-2H3,(H2,16,17,18);1H. The van der Waals surface area contributed by atoms with E-state index in [1.54, 1.807) is 0 Å². The quantitative estimate of drug-likeness (QED) is 0.159. The van der Waals surface area contributed by atoms with Crippen molar-refractivity contribution in [2.45, 2.75) is 26.2 Å². The summed E-state index contributed by atoms with van der Waals surface area (Å²) >= 11 is 0. The zero-order valence-corrected chi connectivity index (χ0v) is 18.4. The van der Waals surface area contributed by atoms with E-state index in [9.17, 15) is 8.42 Å². The lowest BCUT2D eigenvalue weighted by Crippen LogP contribution is -2.38. The minimum atomic E-state index is -3.11. The number of hydrogen-bond acceptors (Lipinski definition) is 5. The van der Waals surface area contributed by atoms with Gasteiger partial charge in [0.25, 0.3) is 0 Å². The largest absolute Gasteiger partial charge is 0.381 e. The Bertz CT molecular complexity index is 456. The molecule has 0 aromatic carbocycles. The minimum absolute atomic E-state index is 0. The molecule has 1 atom stereocenters. The second-order valence-corrected chi connectivity index (χ2v) is 7.70. The van der Waals surface area contributed by atoms with Gasteiger partial charge in [0.2, 0.25) is 10.0 Å². The number of rotatable bonds is 12. The highest BCUT2D eigenvalue weighted by molar-refractivity contribution is 14.0. The summed E-state index contributed by atoms with van der Waals surface area (Å²) in [4.78, 5) is 4.48. The predicted octanol–water partition coefficient (Wildman–Crippen LogP) is 0.542. The van der Waals surface area contributed by atoms with E-state index in [1.807, 2.05) is 6.92 Å². The first-order valence-electron chi connectivity index (χ1n) is 8.63. The summed E-state index contributed by atoms with van der Waals surface area (Å²) in [6.45, 7) is 7.72. The molecule has 0 radical (unpaired) electrons. The molecule has 1 aliphatic heterocycles. The molecule has 0 aliphatic carbocycles. The molecule has 1 aliphatic rings. The molecule has 0 aromatic heterocycles. The van der Waals surface area contributed by atoms with Gasteiger partial charge in [-0.05, 0) is 26.2 Å². The summed E-state index contributed by atoms with van der Waals surface area (Å²) in [5.74, 6) is 1.30. The predicted molar refractivity (Wildman–Crippen MR) is 111 cm³/mol. The van der Waals surface area contributed by atoms with Crippen LogP contribution < -0.4 is 15.4 Å². The van der Waals surface area contributed by atoms with Crippen LogP contribution in [0.2, 0.25) is 0 Å². The molecule has 8 nitrogen and oxygen atoms in total. The molecule has 1 saturated heterocycles. The van der Waals surface area contributed by atoms with Crippen molar-refractivity contribution in [3.8, 4) is 0 Å². The van der Waals surface area contributed by atoms with Gasteiger partial charge in [0.1, 0.15) is 0 Å². The third kappa shape index (κ3) is 14.7. The number of ether oxygens (including phenoxy) is 2. The highest BCUT2D eigenvalue weighted by Gasteiger charge is 2.15. The Morgan fingerprint density at radius 1 is 1.28 bits per heavy atom. The number of hydrogen-bond donors (Lipinski definition) is 3. The van der Waals surface area contributed by atoms with Gasteiger partial charge in [-0.2, -0.15) is 0 Å². The van der Waals surface area contributed by atoms with Crippen LogP contribution in [-0.4, -0.2) is 73.2 Å². The molecule has 1 fully saturated rings. The molecule has 0 amide bonds. The van der Waals surface area contributed by atoms with Gasteiger partial charge in [-0.3, -0.25) is 4.99 Å². The summed E-state index contributed by atoms with van der Waals surface area (Å²) in [6.07, 6.45) is 3.83. The van der Waals surface area contributed by atoms with Gasteiger partial charge in [-0.1, -0.05) is 0 Å². The molecule has 1 heterocycles. The van der Waals surface area contributed by atoms with Crippen molar-refractivity contribution >= 4 is 40.0 Å². The SMILES string of the molecule is CCNC(=NCCCOCC1CCOC1)NCCCNS(C)(=O)=O.I. The van der Waals surface area contributed by atoms with Crippen LogP contribution in [0.1, 0.15) is 26.2 Å². The molecule has 0 bridgehead atoms. The van der Waals surface area contributed by atoms with E-state index in [0.29, 0.717) is 38.6 Å². The Balaban J connectivity index is 0.00000576. The van der Waals surface area contributed by atoms with E-state index < -0.39 is 10.0 Å². The molecule has 10 heteroatoms. The maximum Gasteiger partial charge on any atom is 0.208 e. The van der Waals surface area contributed by atoms with Crippen molar-refractivity contribution in [3.63, 3.8) is 0 Å². The smallest absolute Gasteiger partial charge is 0.208 e. The van der Waals surface area contributed by atoms with Gasteiger partial charge in [0.05, 0.1) is 19.5 Å². The Hall–Kier alpha value is -0.170. The van der Waals surface area contributed by atoms with Crippen LogP contribution in [0.25, 0.3) is 0 Å². The van der Waals surface area contributed by atoms with Crippen molar-refractivity contribution in [1.82, 2.24) is 15.4 Å². The fourth-order valence-electron chi connectivity index (χ4n) is 2.22. The molecule has 3 N–H and O–H groups in total. The molecule has 0 aromatic rings. The number of aliphatic imine (C=N–C) groups is 1. The normalized spacial score (nSPS) is 18.0. The van der Waals surface area contributed by atoms with Crippen LogP contribution in [-0.2, 0) is 19.5 Å². The molecule has 25 heavy (non-hydrogen) atoms. The van der Waals surface area contributed by atoms with Gasteiger partial charge in [0, 0.05) is 45.3 Å². The van der Waals surface area contributed by atoms with Crippen molar-refractivity contribution in [1.29, 1.82) is 0 Å². The second-order valence-electron chi connectivity index (χ2n) is 5.87. The molecular weight excluding hydrogens is 459 g/mol. The Morgan fingerprint density at radius 2 is 2.08 bits per heavy atom. The summed E-state index contributed by atoms with van der Waals surface area (Å²) in [5, 5.41) is 6.36. The third-order valence-corrected chi connectivity index (χ3v) is 4.18. The molecular formula is C15H33IN4O4S. The van der Waals surface area contributed by atoms with Gasteiger partial charge in [-0.25, -0.2) is 13.1 Å². The van der Waals surface area contributed by atoms with Crippen LogP contribution >= 0.6 is 24.0 Å². The van der Waals surface area contributed by atoms with Gasteiger partial charge in [0.15, 0.2) is 5.96 Å². The lowest BCUT2D eigenvalue weighted by atomic mass is 10.1. The molecule has 150 valence electrons. The zero-order chi connectivity index (χ0) is 17.7. The molecule has 1 unspecified atom stereocenters. The van der Waals surface area contributed by atoms with Gasteiger partial charge in [-0.15, -0.1) is 24.0 Å². The highest BCUT2D eigenvalue weighted by Crippen LogP contribution is 2.12. The van der Waals surface area contributed by atoms with Crippen LogP contribution in [0.5, 0.6) is 0 Å². The molecule has 1 rings (SSSR count). The monoisotopic (exact) mass is 492 g/mol. The number of guanidine groups is 1. The first-order valence-corrected chi connectivity index (χ1v) is 10.5. The first kappa shape index (κ1) is 24.8. The minimum Gasteiger partial charge on any atom is -0.381 e. The van der Waals surface area contributed by atoms with Crippen molar-refractivity contribution in [3.05, 3.63) is 0 Å². The number of nitrogens with zero attached hydrogens (tertiary/aromatic N) is 1. The second kappa shape index (κ2) is 14.9. The Labute approximate surface area is 169 Å². The number of halogens is 1. The fraction of sp³-hybridized carbons (Fsp3) is 0.933. The van der Waals surface area contributed by atoms with Crippen molar-refractivity contribution in [2.75, 3.05) is 58.9 Å². The summed E-state index contributed by atoms with van der Waals surface area (Å²) in [7, 11) is -3.11. The van der Waals surface area contributed by atoms with Gasteiger partial charge >= 0.3 is 0 Å². The maximum absolute atomic E-state index is 11.0. The first-order chi connectivity index (χ1) is 11.5. The Morgan fingerprint density at radius 3 is 2.72 bits per heavy atom. The summed E-state index contributed by atoms with van der Waals surface area (Å²) in [5.41, 5.74) is 0. The van der Waals surface area contributed by atoms with E-state index in [4.69, 9.17) is 9.47 Å². The van der Waals surface area contributed by atoms with Crippen LogP contribution in [0.4, 0.5) is 0 Å². The van der Waals surface area contributed by atoms with E-state index in [2.05, 4.69) is 20.3 Å². The summed E-state index contributed by atoms with van der Waals surface area (Å²) < 4.78 is 35.3. The fourth-order valence-corrected chi connectivity index (χ4v) is 2.73. The lowest BCUT2D eigenvalue weighted by molar-refractivity contribution is 0.0893. The highest BCUT2D eigenvalue weighted by atomic mass is 127. The van der Waals surface area contributed by atoms with Crippen molar-refractivity contribution in [2.24, 2.45) is 10.9 Å². The zero-order valence-electron chi connectivity index (χ0n) is 15.3. The van der Waals surface area contributed by atoms with E-state index in [0.717, 1.165) is 51.4 Å². The lowest BCUT2D eigenvalue weighted by Gasteiger charge is -2.11. The number of nitrogens with one attached hydrogen (secondary N) is 3. The topological polar surface area (TPSA) is 101 Å². The van der Waals surface area contributed by atoms with Crippen LogP contribution in [0, 0.1) is 5.92 Å². The molecule has 0 spiro atoms. The summed E-state index contributed by atoms with van der Waals surface area (Å²) in [6, 6.07) is 0. The van der Waals surface area contributed by atoms with Crippen LogP contribution in [0.3, 0.4) is 0 Å². The number of sulfonamides is 1. The maximum atomic E-state index is 11.0. The van der Waals surface area contributed by atoms with Crippen molar-refractivity contribution < 1.29 is 17.9 Å². The third-order valence-electron chi connectivity index (χ3n) is 3.45. The van der Waals surface area contributed by atoms with E-state index in [-0.39, 0.29) is 24.0 Å². The van der Waals surface area contributed by atoms with E-state index in [1.165, 1.54) is 0 Å². The van der Waals surface area contributed by atoms with Crippen LogP contribution in [0.15, 0.2) is 4.99 Å². The van der Waals surface area contributed by atoms with Gasteiger partial charge < -0.3 is 20.1 Å². The average molecular weight is 492 g/mol.